The number of unbranched alkanes of at least 4 members (excludes halogenated alkanes) is 24. The van der Waals surface area contributed by atoms with Gasteiger partial charge in [-0.05, 0) is 38.5 Å². The van der Waals surface area contributed by atoms with Gasteiger partial charge in [0.25, 0.3) is 0 Å². The topological polar surface area (TPSA) is 63.6 Å². The monoisotopic (exact) mass is 579 g/mol. The van der Waals surface area contributed by atoms with Crippen LogP contribution in [-0.4, -0.2) is 23.7 Å². The van der Waals surface area contributed by atoms with E-state index in [0.717, 1.165) is 32.1 Å². The highest BCUT2D eigenvalue weighted by molar-refractivity contribution is 5.78. The molecule has 0 fully saturated rings. The second kappa shape index (κ2) is 33.2. The molecule has 0 aliphatic heterocycles. The first-order chi connectivity index (χ1) is 20.1. The van der Waals surface area contributed by atoms with Crippen LogP contribution >= 0.6 is 0 Å². The van der Waals surface area contributed by atoms with E-state index in [0.29, 0.717) is 13.0 Å². The van der Waals surface area contributed by atoms with Gasteiger partial charge in [-0.2, -0.15) is 0 Å². The molecule has 0 heterocycles. The fourth-order valence-corrected chi connectivity index (χ4v) is 5.55. The average Bonchev–Trinajstić information content (AvgIpc) is 2.96. The first-order valence-electron chi connectivity index (χ1n) is 18.1. The minimum absolute atomic E-state index is 0.00925. The Hall–Kier alpha value is -1.32. The quantitative estimate of drug-likeness (QED) is 0.0478. The van der Waals surface area contributed by atoms with Crippen LogP contribution in [0.2, 0.25) is 0 Å². The lowest BCUT2D eigenvalue weighted by atomic mass is 9.98. The van der Waals surface area contributed by atoms with Gasteiger partial charge in [-0.1, -0.05) is 167 Å². The maximum absolute atomic E-state index is 11.7. The number of allylic oxidation sites excluding steroid dienone is 2. The molecule has 0 aromatic carbocycles. The average molecular weight is 579 g/mol. The summed E-state index contributed by atoms with van der Waals surface area (Å²) in [5.41, 5.74) is 0. The van der Waals surface area contributed by atoms with E-state index < -0.39 is 11.9 Å². The third-order valence-electron chi connectivity index (χ3n) is 8.29. The molecule has 1 unspecified atom stereocenters. The number of rotatable bonds is 33. The second-order valence-corrected chi connectivity index (χ2v) is 12.4. The molecule has 0 radical (unpaired) electrons. The van der Waals surface area contributed by atoms with E-state index >= 15 is 0 Å². The fraction of sp³-hybridized carbons (Fsp3) is 0.892. The lowest BCUT2D eigenvalue weighted by Gasteiger charge is -2.11. The zero-order valence-corrected chi connectivity index (χ0v) is 27.6. The largest absolute Gasteiger partial charge is 0.481 e. The molecule has 0 aliphatic carbocycles. The fourth-order valence-electron chi connectivity index (χ4n) is 5.55. The minimum atomic E-state index is -0.890. The van der Waals surface area contributed by atoms with Crippen molar-refractivity contribution in [3.63, 3.8) is 0 Å². The molecule has 1 atom stereocenters. The second-order valence-electron chi connectivity index (χ2n) is 12.4. The molecule has 0 aromatic heterocycles. The lowest BCUT2D eigenvalue weighted by Crippen LogP contribution is -2.19. The molecule has 4 nitrogen and oxygen atoms in total. The van der Waals surface area contributed by atoms with Crippen LogP contribution in [0.1, 0.15) is 200 Å². The molecule has 0 aromatic rings. The molecule has 0 aliphatic rings. The van der Waals surface area contributed by atoms with E-state index in [-0.39, 0.29) is 12.4 Å². The van der Waals surface area contributed by atoms with Crippen molar-refractivity contribution >= 4 is 11.9 Å². The molecule has 0 spiro atoms. The van der Waals surface area contributed by atoms with Crippen LogP contribution in [0.5, 0.6) is 0 Å². The first kappa shape index (κ1) is 39.7. The summed E-state index contributed by atoms with van der Waals surface area (Å²) >= 11 is 0. The Kier molecular flexibility index (Phi) is 32.1. The van der Waals surface area contributed by atoms with E-state index in [1.54, 1.807) is 0 Å². The molecule has 1 N–H and O–H groups in total. The normalized spacial score (nSPS) is 12.2. The molecule has 0 saturated heterocycles. The van der Waals surface area contributed by atoms with Gasteiger partial charge >= 0.3 is 11.9 Å². The SMILES string of the molecule is CCCCCCCCCCCCCCCCCCCCCCCC/C=C/CCCCC(CC(=O)OCCC)C(=O)O. The van der Waals surface area contributed by atoms with Crippen LogP contribution in [0.3, 0.4) is 0 Å². The summed E-state index contributed by atoms with van der Waals surface area (Å²) in [6.45, 7) is 4.59. The molecule has 0 amide bonds. The maximum atomic E-state index is 11.7. The molecule has 0 rings (SSSR count). The lowest BCUT2D eigenvalue weighted by molar-refractivity contribution is -0.151. The zero-order chi connectivity index (χ0) is 30.1. The number of carboxylic acid groups (broad SMARTS) is 1. The highest BCUT2D eigenvalue weighted by Gasteiger charge is 2.21. The number of esters is 1. The van der Waals surface area contributed by atoms with E-state index in [4.69, 9.17) is 4.74 Å². The van der Waals surface area contributed by atoms with E-state index in [1.165, 1.54) is 141 Å². The van der Waals surface area contributed by atoms with Gasteiger partial charge in [-0.15, -0.1) is 0 Å². The molecular formula is C37H70O4. The third kappa shape index (κ3) is 31.4. The summed E-state index contributed by atoms with van der Waals surface area (Å²) in [5.74, 6) is -1.90. The van der Waals surface area contributed by atoms with Crippen molar-refractivity contribution < 1.29 is 19.4 Å². The highest BCUT2D eigenvalue weighted by Crippen LogP contribution is 2.17. The van der Waals surface area contributed by atoms with Crippen LogP contribution < -0.4 is 0 Å². The van der Waals surface area contributed by atoms with Crippen molar-refractivity contribution in [2.75, 3.05) is 6.61 Å². The Morgan fingerprint density at radius 3 is 1.27 bits per heavy atom. The summed E-state index contributed by atoms with van der Waals surface area (Å²) in [5, 5.41) is 9.33. The summed E-state index contributed by atoms with van der Waals surface area (Å²) in [7, 11) is 0. The number of carbonyl (C=O) groups is 2. The molecule has 4 heteroatoms. The van der Waals surface area contributed by atoms with Crippen molar-refractivity contribution in [1.82, 2.24) is 0 Å². The van der Waals surface area contributed by atoms with E-state index in [9.17, 15) is 14.7 Å². The van der Waals surface area contributed by atoms with Crippen LogP contribution in [0.4, 0.5) is 0 Å². The van der Waals surface area contributed by atoms with Crippen molar-refractivity contribution in [3.8, 4) is 0 Å². The van der Waals surface area contributed by atoms with Gasteiger partial charge in [0, 0.05) is 0 Å². The molecule has 41 heavy (non-hydrogen) atoms. The van der Waals surface area contributed by atoms with Crippen molar-refractivity contribution in [2.45, 2.75) is 200 Å². The number of ether oxygens (including phenoxy) is 1. The predicted octanol–water partition coefficient (Wildman–Crippen LogP) is 12.1. The Balaban J connectivity index is 3.31. The van der Waals surface area contributed by atoms with Crippen molar-refractivity contribution in [1.29, 1.82) is 0 Å². The van der Waals surface area contributed by atoms with Gasteiger partial charge in [0.1, 0.15) is 0 Å². The summed E-state index contributed by atoms with van der Waals surface area (Å²) in [6.07, 6.45) is 41.1. The number of hydrogen-bond acceptors (Lipinski definition) is 3. The van der Waals surface area contributed by atoms with Crippen LogP contribution in [0, 0.1) is 5.92 Å². The first-order valence-corrected chi connectivity index (χ1v) is 18.1. The molecular weight excluding hydrogens is 508 g/mol. The minimum Gasteiger partial charge on any atom is -0.481 e. The van der Waals surface area contributed by atoms with Gasteiger partial charge in [0.05, 0.1) is 18.9 Å². The molecule has 242 valence electrons. The highest BCUT2D eigenvalue weighted by atomic mass is 16.5. The Morgan fingerprint density at radius 2 is 0.902 bits per heavy atom. The number of carboxylic acids is 1. The van der Waals surface area contributed by atoms with E-state index in [2.05, 4.69) is 19.1 Å². The number of aliphatic carboxylic acids is 1. The maximum Gasteiger partial charge on any atom is 0.307 e. The smallest absolute Gasteiger partial charge is 0.307 e. The standard InChI is InChI=1S/C37H70O4/c1-3-5-6-7-8-9-10-11-12-13-14-15-16-17-18-19-20-21-22-23-24-25-26-27-28-29-30-31-32-35(37(39)40)34-36(38)41-33-4-2/h27-28,35H,3-26,29-34H2,1-2H3,(H,39,40)/b28-27+. The van der Waals surface area contributed by atoms with Crippen molar-refractivity contribution in [2.24, 2.45) is 5.92 Å². The van der Waals surface area contributed by atoms with Gasteiger partial charge < -0.3 is 9.84 Å². The van der Waals surface area contributed by atoms with Crippen molar-refractivity contribution in [3.05, 3.63) is 12.2 Å². The Morgan fingerprint density at radius 1 is 0.537 bits per heavy atom. The third-order valence-corrected chi connectivity index (χ3v) is 8.29. The van der Waals surface area contributed by atoms with Crippen LogP contribution in [0.15, 0.2) is 12.2 Å². The predicted molar refractivity (Wildman–Crippen MR) is 176 cm³/mol. The molecule has 0 bridgehead atoms. The van der Waals surface area contributed by atoms with Gasteiger partial charge in [0.15, 0.2) is 0 Å². The van der Waals surface area contributed by atoms with Crippen LogP contribution in [-0.2, 0) is 14.3 Å². The van der Waals surface area contributed by atoms with Crippen LogP contribution in [0.25, 0.3) is 0 Å². The summed E-state index contributed by atoms with van der Waals surface area (Å²) in [6, 6.07) is 0. The number of carbonyl (C=O) groups excluding carboxylic acids is 1. The summed E-state index contributed by atoms with van der Waals surface area (Å²) in [4.78, 5) is 23.0. The van der Waals surface area contributed by atoms with Gasteiger partial charge in [0.2, 0.25) is 0 Å². The van der Waals surface area contributed by atoms with Gasteiger partial charge in [-0.25, -0.2) is 0 Å². The van der Waals surface area contributed by atoms with E-state index in [1.807, 2.05) is 6.92 Å². The Bertz CT molecular complexity index is 585. The van der Waals surface area contributed by atoms with Gasteiger partial charge in [-0.3, -0.25) is 9.59 Å². The number of hydrogen-bond donors (Lipinski definition) is 1. The Labute approximate surface area is 255 Å². The molecule has 0 saturated carbocycles. The summed E-state index contributed by atoms with van der Waals surface area (Å²) < 4.78 is 5.02. The zero-order valence-electron chi connectivity index (χ0n) is 27.6.